The highest BCUT2D eigenvalue weighted by molar-refractivity contribution is 6.35. The Morgan fingerprint density at radius 3 is 2.61 bits per heavy atom. The minimum absolute atomic E-state index is 0.164. The van der Waals surface area contributed by atoms with E-state index in [2.05, 4.69) is 4.98 Å². The maximum absolute atomic E-state index is 12.9. The van der Waals surface area contributed by atoms with Crippen molar-refractivity contribution >= 4 is 17.4 Å². The lowest BCUT2D eigenvalue weighted by atomic mass is 10.0. The summed E-state index contributed by atoms with van der Waals surface area (Å²) in [5.41, 5.74) is 2.39. The second-order valence-electron chi connectivity index (χ2n) is 5.14. The topological polar surface area (TPSA) is 55.1 Å². The molecule has 0 aliphatic heterocycles. The van der Waals surface area contributed by atoms with E-state index in [9.17, 15) is 9.90 Å². The number of aliphatic hydroxyl groups is 1. The van der Waals surface area contributed by atoms with E-state index in [1.54, 1.807) is 41.1 Å². The van der Waals surface area contributed by atoms with Gasteiger partial charge in [0.15, 0.2) is 5.78 Å². The van der Waals surface area contributed by atoms with Gasteiger partial charge in [0.1, 0.15) is 12.4 Å². The number of carbonyl (C=O) groups is 1. The molecule has 1 N–H and O–H groups in total. The molecule has 0 fully saturated rings. The molecule has 5 heteroatoms. The van der Waals surface area contributed by atoms with Gasteiger partial charge in [0.25, 0.3) is 0 Å². The molecule has 23 heavy (non-hydrogen) atoms. The largest absolute Gasteiger partial charge is 0.388 e. The lowest BCUT2D eigenvalue weighted by Crippen LogP contribution is -2.11. The van der Waals surface area contributed by atoms with Crippen LogP contribution in [0.5, 0.6) is 0 Å². The van der Waals surface area contributed by atoms with Crippen molar-refractivity contribution in [1.82, 2.24) is 9.55 Å². The minimum atomic E-state index is -0.223. The molecule has 1 heterocycles. The zero-order valence-corrected chi connectivity index (χ0v) is 13.3. The van der Waals surface area contributed by atoms with Crippen LogP contribution in [0.25, 0.3) is 5.69 Å². The highest BCUT2D eigenvalue weighted by Gasteiger charge is 2.20. The van der Waals surface area contributed by atoms with Gasteiger partial charge >= 0.3 is 0 Å². The number of halogens is 1. The lowest BCUT2D eigenvalue weighted by molar-refractivity contribution is 0.103. The molecule has 0 radical (unpaired) electrons. The second-order valence-corrected chi connectivity index (χ2v) is 5.55. The van der Waals surface area contributed by atoms with E-state index in [4.69, 9.17) is 11.6 Å². The lowest BCUT2D eigenvalue weighted by Gasteiger charge is -2.15. The third-order valence-electron chi connectivity index (χ3n) is 3.65. The summed E-state index contributed by atoms with van der Waals surface area (Å²) < 4.78 is 1.75. The Balaban J connectivity index is 2.23. The van der Waals surface area contributed by atoms with E-state index in [0.29, 0.717) is 27.7 Å². The highest BCUT2D eigenvalue weighted by atomic mass is 35.5. The summed E-state index contributed by atoms with van der Waals surface area (Å²) in [7, 11) is 0. The summed E-state index contributed by atoms with van der Waals surface area (Å²) in [6.45, 7) is 1.64. The van der Waals surface area contributed by atoms with Crippen LogP contribution in [0.15, 0.2) is 54.7 Å². The van der Waals surface area contributed by atoms with Crippen LogP contribution in [0, 0.1) is 6.92 Å². The minimum Gasteiger partial charge on any atom is -0.388 e. The molecule has 3 rings (SSSR count). The standard InChI is InChI=1S/C18H15ClN2O2/c1-12-10-20-16(11-22)21(12)15-9-5-8-14(19)17(15)18(23)13-6-3-2-4-7-13/h2-10,22H,11H2,1H3. The molecule has 4 nitrogen and oxygen atoms in total. The van der Waals surface area contributed by atoms with Crippen LogP contribution in [0.3, 0.4) is 0 Å². The summed E-state index contributed by atoms with van der Waals surface area (Å²) in [6.07, 6.45) is 1.66. The maximum atomic E-state index is 12.9. The van der Waals surface area contributed by atoms with Gasteiger partial charge < -0.3 is 5.11 Å². The van der Waals surface area contributed by atoms with Gasteiger partial charge in [0.05, 0.1) is 16.3 Å². The number of hydrogen-bond acceptors (Lipinski definition) is 3. The summed E-state index contributed by atoms with van der Waals surface area (Å²) in [4.78, 5) is 17.1. The molecular formula is C18H15ClN2O2. The Labute approximate surface area is 139 Å². The van der Waals surface area contributed by atoms with Crippen molar-refractivity contribution in [2.75, 3.05) is 0 Å². The number of aliphatic hydroxyl groups excluding tert-OH is 1. The Bertz CT molecular complexity index is 857. The van der Waals surface area contributed by atoms with Gasteiger partial charge in [-0.1, -0.05) is 48.0 Å². The number of aromatic nitrogens is 2. The van der Waals surface area contributed by atoms with E-state index in [-0.39, 0.29) is 12.4 Å². The number of imidazole rings is 1. The fourth-order valence-electron chi connectivity index (χ4n) is 2.59. The fraction of sp³-hybridized carbons (Fsp3) is 0.111. The molecule has 1 aromatic heterocycles. The Hall–Kier alpha value is -2.43. The molecule has 0 atom stereocenters. The summed E-state index contributed by atoms with van der Waals surface area (Å²) >= 11 is 6.32. The summed E-state index contributed by atoms with van der Waals surface area (Å²) in [5, 5.41) is 9.88. The first kappa shape index (κ1) is 15.5. The average Bonchev–Trinajstić information content (AvgIpc) is 2.95. The van der Waals surface area contributed by atoms with Crippen LogP contribution in [-0.4, -0.2) is 20.4 Å². The molecule has 2 aromatic carbocycles. The van der Waals surface area contributed by atoms with Gasteiger partial charge in [-0.05, 0) is 19.1 Å². The van der Waals surface area contributed by atoms with E-state index in [0.717, 1.165) is 5.69 Å². The monoisotopic (exact) mass is 326 g/mol. The predicted molar refractivity (Wildman–Crippen MR) is 89.1 cm³/mol. The molecule has 0 spiro atoms. The van der Waals surface area contributed by atoms with E-state index in [1.165, 1.54) is 0 Å². The maximum Gasteiger partial charge on any atom is 0.196 e. The Morgan fingerprint density at radius 2 is 1.91 bits per heavy atom. The van der Waals surface area contributed by atoms with E-state index < -0.39 is 0 Å². The molecule has 0 aliphatic carbocycles. The van der Waals surface area contributed by atoms with Crippen molar-refractivity contribution in [3.8, 4) is 5.69 Å². The second kappa shape index (κ2) is 6.36. The number of nitrogens with zero attached hydrogens (tertiary/aromatic N) is 2. The number of aryl methyl sites for hydroxylation is 1. The van der Waals surface area contributed by atoms with Crippen LogP contribution in [0.1, 0.15) is 27.4 Å². The first-order valence-electron chi connectivity index (χ1n) is 7.16. The van der Waals surface area contributed by atoms with Crippen molar-refractivity contribution in [3.05, 3.63) is 82.4 Å². The van der Waals surface area contributed by atoms with Gasteiger partial charge in [0, 0.05) is 17.5 Å². The summed E-state index contributed by atoms with van der Waals surface area (Å²) in [6, 6.07) is 14.2. The third kappa shape index (κ3) is 2.79. The van der Waals surface area contributed by atoms with Gasteiger partial charge in [-0.3, -0.25) is 9.36 Å². The van der Waals surface area contributed by atoms with Crippen LogP contribution < -0.4 is 0 Å². The SMILES string of the molecule is Cc1cnc(CO)n1-c1cccc(Cl)c1C(=O)c1ccccc1. The fourth-order valence-corrected chi connectivity index (χ4v) is 2.84. The van der Waals surface area contributed by atoms with Gasteiger partial charge in [-0.15, -0.1) is 0 Å². The van der Waals surface area contributed by atoms with Gasteiger partial charge in [-0.25, -0.2) is 4.98 Å². The molecule has 3 aromatic rings. The van der Waals surface area contributed by atoms with Crippen LogP contribution in [0.2, 0.25) is 5.02 Å². The molecule has 0 saturated heterocycles. The Kier molecular flexibility index (Phi) is 4.28. The number of benzene rings is 2. The predicted octanol–water partition coefficient (Wildman–Crippen LogP) is 3.56. The smallest absolute Gasteiger partial charge is 0.196 e. The van der Waals surface area contributed by atoms with Crippen LogP contribution in [0.4, 0.5) is 0 Å². The molecule has 0 unspecified atom stereocenters. The van der Waals surface area contributed by atoms with Crippen molar-refractivity contribution < 1.29 is 9.90 Å². The molecular weight excluding hydrogens is 312 g/mol. The van der Waals surface area contributed by atoms with Crippen molar-refractivity contribution in [1.29, 1.82) is 0 Å². The molecule has 0 saturated carbocycles. The number of rotatable bonds is 4. The number of ketones is 1. The van der Waals surface area contributed by atoms with Crippen LogP contribution >= 0.6 is 11.6 Å². The molecule has 116 valence electrons. The first-order valence-corrected chi connectivity index (χ1v) is 7.54. The normalized spacial score (nSPS) is 10.7. The zero-order chi connectivity index (χ0) is 16.4. The summed E-state index contributed by atoms with van der Waals surface area (Å²) in [5.74, 6) is 0.301. The van der Waals surface area contributed by atoms with Crippen LogP contribution in [-0.2, 0) is 6.61 Å². The molecule has 0 aliphatic rings. The van der Waals surface area contributed by atoms with Crippen molar-refractivity contribution in [2.24, 2.45) is 0 Å². The quantitative estimate of drug-likeness (QED) is 0.746. The number of carbonyl (C=O) groups excluding carboxylic acids is 1. The molecule has 0 bridgehead atoms. The average molecular weight is 327 g/mol. The zero-order valence-electron chi connectivity index (χ0n) is 12.5. The first-order chi connectivity index (χ1) is 11.1. The third-order valence-corrected chi connectivity index (χ3v) is 3.96. The number of hydrogen-bond donors (Lipinski definition) is 1. The highest BCUT2D eigenvalue weighted by Crippen LogP contribution is 2.28. The van der Waals surface area contributed by atoms with E-state index >= 15 is 0 Å². The van der Waals surface area contributed by atoms with Crippen molar-refractivity contribution in [2.45, 2.75) is 13.5 Å². The van der Waals surface area contributed by atoms with Crippen molar-refractivity contribution in [3.63, 3.8) is 0 Å². The Morgan fingerprint density at radius 1 is 1.17 bits per heavy atom. The molecule has 0 amide bonds. The van der Waals surface area contributed by atoms with Gasteiger partial charge in [-0.2, -0.15) is 0 Å². The van der Waals surface area contributed by atoms with E-state index in [1.807, 2.05) is 25.1 Å². The van der Waals surface area contributed by atoms with Gasteiger partial charge in [0.2, 0.25) is 0 Å².